The largest absolute Gasteiger partial charge is 0.497 e. The number of carbonyl (C=O) groups is 2. The molecule has 0 unspecified atom stereocenters. The smallest absolute Gasteiger partial charge is 0.338 e. The first kappa shape index (κ1) is 28.9. The number of ether oxygens (including phenoxy) is 4. The minimum absolute atomic E-state index is 0.224. The molecule has 3 aromatic carbocycles. The van der Waals surface area contributed by atoms with Gasteiger partial charge in [0.05, 0.1) is 14.2 Å². The fourth-order valence-electron chi connectivity index (χ4n) is 3.75. The van der Waals surface area contributed by atoms with Crippen molar-refractivity contribution < 1.29 is 32.9 Å². The highest BCUT2D eigenvalue weighted by Gasteiger charge is 2.20. The van der Waals surface area contributed by atoms with Gasteiger partial charge in [0, 0.05) is 33.9 Å². The van der Waals surface area contributed by atoms with E-state index in [2.05, 4.69) is 13.2 Å². The topological polar surface area (TPSA) is 71.1 Å². The third-order valence-corrected chi connectivity index (χ3v) is 6.12. The van der Waals surface area contributed by atoms with Crippen molar-refractivity contribution in [3.8, 4) is 34.1 Å². The van der Waals surface area contributed by atoms with Crippen LogP contribution in [-0.4, -0.2) is 26.2 Å². The first-order valence-electron chi connectivity index (χ1n) is 12.1. The van der Waals surface area contributed by atoms with Crippen LogP contribution < -0.4 is 18.9 Å². The molecule has 0 saturated carbocycles. The summed E-state index contributed by atoms with van der Waals surface area (Å²) in [5.41, 5.74) is 4.11. The van der Waals surface area contributed by atoms with Gasteiger partial charge in [-0.15, -0.1) is 0 Å². The van der Waals surface area contributed by atoms with Crippen LogP contribution in [0.3, 0.4) is 0 Å². The summed E-state index contributed by atoms with van der Waals surface area (Å²) < 4.78 is 36.7. The summed E-state index contributed by atoms with van der Waals surface area (Å²) in [6, 6.07) is 14.9. The quantitative estimate of drug-likeness (QED) is 0.124. The Morgan fingerprint density at radius 1 is 0.667 bits per heavy atom. The fourth-order valence-corrected chi connectivity index (χ4v) is 3.75. The molecule has 0 aromatic heterocycles. The highest BCUT2D eigenvalue weighted by Crippen LogP contribution is 2.41. The highest BCUT2D eigenvalue weighted by molar-refractivity contribution is 5.95. The predicted octanol–water partition coefficient (Wildman–Crippen LogP) is 7.42. The normalized spacial score (nSPS) is 11.3. The Balaban J connectivity index is 2.16. The number of rotatable bonds is 9. The summed E-state index contributed by atoms with van der Waals surface area (Å²) in [4.78, 5) is 24.4. The van der Waals surface area contributed by atoms with Crippen LogP contribution in [0.25, 0.3) is 22.3 Å². The van der Waals surface area contributed by atoms with Crippen molar-refractivity contribution in [3.05, 3.63) is 95.8 Å². The number of methoxy groups -OCH3 is 2. The molecular formula is C32H31FO6. The maximum absolute atomic E-state index is 14.9. The number of carbonyl (C=O) groups excluding carboxylic acids is 2. The van der Waals surface area contributed by atoms with Crippen LogP contribution in [0.15, 0.2) is 78.9 Å². The molecule has 0 atom stereocenters. The molecule has 39 heavy (non-hydrogen) atoms. The van der Waals surface area contributed by atoms with E-state index in [0.717, 1.165) is 5.56 Å². The van der Waals surface area contributed by atoms with Crippen LogP contribution in [0.5, 0.6) is 23.0 Å². The molecule has 6 nitrogen and oxygen atoms in total. The van der Waals surface area contributed by atoms with Crippen molar-refractivity contribution in [1.29, 1.82) is 0 Å². The summed E-state index contributed by atoms with van der Waals surface area (Å²) in [6.07, 6.45) is 0. The third-order valence-electron chi connectivity index (χ3n) is 6.12. The third kappa shape index (κ3) is 6.62. The lowest BCUT2D eigenvalue weighted by Gasteiger charge is -2.18. The van der Waals surface area contributed by atoms with Gasteiger partial charge in [0.25, 0.3) is 0 Å². The van der Waals surface area contributed by atoms with E-state index >= 15 is 0 Å². The SMILES string of the molecule is C=C(C)C(=O)Oc1ccc(-c2cc(OC(=O)C(=C)C)c(/C(C)=C(\C)c3ccc(OC)cc3F)cc2OC)cc1. The standard InChI is InChI=1S/C32H31FO6/c1-18(2)31(34)38-23-11-9-22(10-12-23)27-17-30(39-32(35)19(3)4)26(16-29(27)37-8)21(6)20(5)25-14-13-24(36-7)15-28(25)33/h9-17H,1,3H2,2,4-8H3/b21-20+. The molecule has 3 rings (SSSR count). The van der Waals surface area contributed by atoms with Crippen LogP contribution in [0.2, 0.25) is 0 Å². The maximum Gasteiger partial charge on any atom is 0.338 e. The van der Waals surface area contributed by atoms with E-state index in [1.807, 2.05) is 6.92 Å². The predicted molar refractivity (Wildman–Crippen MR) is 150 cm³/mol. The summed E-state index contributed by atoms with van der Waals surface area (Å²) in [5, 5.41) is 0. The number of halogens is 1. The van der Waals surface area contributed by atoms with Gasteiger partial charge in [-0.3, -0.25) is 0 Å². The molecule has 7 heteroatoms. The van der Waals surface area contributed by atoms with Crippen LogP contribution >= 0.6 is 0 Å². The van der Waals surface area contributed by atoms with Gasteiger partial charge < -0.3 is 18.9 Å². The van der Waals surface area contributed by atoms with E-state index in [-0.39, 0.29) is 16.9 Å². The number of allylic oxidation sites excluding steroid dienone is 2. The summed E-state index contributed by atoms with van der Waals surface area (Å²) in [5.74, 6) is -0.0595. The van der Waals surface area contributed by atoms with E-state index in [1.165, 1.54) is 20.3 Å². The Hall–Kier alpha value is -4.65. The van der Waals surface area contributed by atoms with Crippen LogP contribution in [0.4, 0.5) is 4.39 Å². The van der Waals surface area contributed by atoms with Crippen molar-refractivity contribution in [2.45, 2.75) is 27.7 Å². The minimum atomic E-state index is -0.601. The molecule has 0 spiro atoms. The van der Waals surface area contributed by atoms with Crippen LogP contribution in [0, 0.1) is 5.82 Å². The number of hydrogen-bond acceptors (Lipinski definition) is 6. The molecule has 202 valence electrons. The number of hydrogen-bond donors (Lipinski definition) is 0. The molecule has 0 radical (unpaired) electrons. The van der Waals surface area contributed by atoms with E-state index in [4.69, 9.17) is 18.9 Å². The van der Waals surface area contributed by atoms with E-state index in [9.17, 15) is 14.0 Å². The van der Waals surface area contributed by atoms with Crippen molar-refractivity contribution >= 4 is 23.1 Å². The second kappa shape index (κ2) is 12.3. The first-order chi connectivity index (χ1) is 18.5. The molecule has 0 saturated heterocycles. The summed E-state index contributed by atoms with van der Waals surface area (Å²) in [7, 11) is 3.00. The Bertz CT molecular complexity index is 1480. The van der Waals surface area contributed by atoms with E-state index in [0.29, 0.717) is 45.1 Å². The van der Waals surface area contributed by atoms with Gasteiger partial charge in [-0.05, 0) is 80.8 Å². The lowest BCUT2D eigenvalue weighted by atomic mass is 9.93. The van der Waals surface area contributed by atoms with Crippen LogP contribution in [-0.2, 0) is 9.59 Å². The van der Waals surface area contributed by atoms with Gasteiger partial charge in [0.2, 0.25) is 0 Å². The van der Waals surface area contributed by atoms with Gasteiger partial charge in [-0.2, -0.15) is 0 Å². The molecule has 0 amide bonds. The van der Waals surface area contributed by atoms with Gasteiger partial charge >= 0.3 is 11.9 Å². The van der Waals surface area contributed by atoms with Crippen LogP contribution in [0.1, 0.15) is 38.8 Å². The average Bonchev–Trinajstić information content (AvgIpc) is 2.92. The van der Waals surface area contributed by atoms with Crippen molar-refractivity contribution in [1.82, 2.24) is 0 Å². The second-order valence-electron chi connectivity index (χ2n) is 9.01. The molecule has 0 fully saturated rings. The van der Waals surface area contributed by atoms with E-state index < -0.39 is 17.8 Å². The van der Waals surface area contributed by atoms with Crippen molar-refractivity contribution in [3.63, 3.8) is 0 Å². The molecule has 0 aliphatic rings. The fraction of sp³-hybridized carbons (Fsp3) is 0.188. The van der Waals surface area contributed by atoms with E-state index in [1.54, 1.807) is 69.3 Å². The Morgan fingerprint density at radius 2 is 1.23 bits per heavy atom. The summed E-state index contributed by atoms with van der Waals surface area (Å²) >= 11 is 0. The van der Waals surface area contributed by atoms with Gasteiger partial charge in [-0.1, -0.05) is 25.3 Å². The minimum Gasteiger partial charge on any atom is -0.497 e. The molecule has 0 bridgehead atoms. The zero-order valence-corrected chi connectivity index (χ0v) is 22.9. The average molecular weight is 531 g/mol. The number of benzene rings is 3. The molecule has 0 N–H and O–H groups in total. The lowest BCUT2D eigenvalue weighted by molar-refractivity contribution is -0.130. The zero-order chi connectivity index (χ0) is 28.9. The monoisotopic (exact) mass is 530 g/mol. The summed E-state index contributed by atoms with van der Waals surface area (Å²) in [6.45, 7) is 14.0. The molecular weight excluding hydrogens is 499 g/mol. The Kier molecular flexibility index (Phi) is 9.09. The maximum atomic E-state index is 14.9. The van der Waals surface area contributed by atoms with Crippen molar-refractivity contribution in [2.24, 2.45) is 0 Å². The first-order valence-corrected chi connectivity index (χ1v) is 12.1. The lowest BCUT2D eigenvalue weighted by Crippen LogP contribution is -2.10. The zero-order valence-electron chi connectivity index (χ0n) is 22.9. The van der Waals surface area contributed by atoms with Crippen molar-refractivity contribution in [2.75, 3.05) is 14.2 Å². The molecule has 0 heterocycles. The molecule has 0 aliphatic carbocycles. The van der Waals surface area contributed by atoms with Gasteiger partial charge in [0.15, 0.2) is 0 Å². The molecule has 3 aromatic rings. The Labute approximate surface area is 228 Å². The Morgan fingerprint density at radius 3 is 1.77 bits per heavy atom. The van der Waals surface area contributed by atoms with Gasteiger partial charge in [0.1, 0.15) is 28.8 Å². The molecule has 0 aliphatic heterocycles. The second-order valence-corrected chi connectivity index (χ2v) is 9.01. The highest BCUT2D eigenvalue weighted by atomic mass is 19.1. The number of esters is 2. The van der Waals surface area contributed by atoms with Gasteiger partial charge in [-0.25, -0.2) is 14.0 Å².